The second kappa shape index (κ2) is 5.92. The van der Waals surface area contributed by atoms with Crippen molar-refractivity contribution in [3.63, 3.8) is 0 Å². The number of nitrogens with zero attached hydrogens (tertiary/aromatic N) is 2. The Kier molecular flexibility index (Phi) is 3.59. The molecule has 1 aliphatic rings. The first-order valence-corrected chi connectivity index (χ1v) is 7.82. The van der Waals surface area contributed by atoms with Crippen LogP contribution in [-0.2, 0) is 0 Å². The Balaban J connectivity index is 1.88. The number of aliphatic imine (C=N–C) groups is 1. The summed E-state index contributed by atoms with van der Waals surface area (Å²) in [5.41, 5.74) is 9.96. The molecule has 6 heteroatoms. The molecule has 0 fully saturated rings. The number of benzene rings is 2. The molecular weight excluding hydrogens is 316 g/mol. The Morgan fingerprint density at radius 3 is 2.52 bits per heavy atom. The molecule has 0 saturated carbocycles. The van der Waals surface area contributed by atoms with E-state index in [9.17, 15) is 9.90 Å². The molecule has 1 atom stereocenters. The van der Waals surface area contributed by atoms with Crippen molar-refractivity contribution in [1.29, 1.82) is 0 Å². The number of aliphatic hydroxyl groups is 1. The molecule has 0 spiro atoms. The molecule has 25 heavy (non-hydrogen) atoms. The number of hydrogen-bond acceptors (Lipinski definition) is 4. The predicted octanol–water partition coefficient (Wildman–Crippen LogP) is 2.69. The number of nitrogens with one attached hydrogen (secondary N) is 1. The van der Waals surface area contributed by atoms with Gasteiger partial charge < -0.3 is 20.7 Å². The second-order valence-corrected chi connectivity index (χ2v) is 5.75. The Morgan fingerprint density at radius 1 is 1.12 bits per heavy atom. The molecule has 2 heterocycles. The number of amides is 1. The van der Waals surface area contributed by atoms with Crippen LogP contribution in [0.25, 0.3) is 16.8 Å². The number of carbonyl (C=O) groups excluding carboxylic acids is 1. The van der Waals surface area contributed by atoms with Crippen LogP contribution >= 0.6 is 0 Å². The summed E-state index contributed by atoms with van der Waals surface area (Å²) in [5.74, 6) is -0.462. The summed E-state index contributed by atoms with van der Waals surface area (Å²) in [6.07, 6.45) is 2.49. The van der Waals surface area contributed by atoms with E-state index in [1.807, 2.05) is 53.2 Å². The van der Waals surface area contributed by atoms with E-state index < -0.39 is 12.1 Å². The molecular formula is C19H16N4O2. The fourth-order valence-electron chi connectivity index (χ4n) is 3.00. The third-order valence-corrected chi connectivity index (χ3v) is 4.23. The molecule has 124 valence electrons. The monoisotopic (exact) mass is 332 g/mol. The number of fused-ring (bicyclic) bond motifs is 1. The van der Waals surface area contributed by atoms with Crippen molar-refractivity contribution in [1.82, 2.24) is 4.57 Å². The van der Waals surface area contributed by atoms with E-state index >= 15 is 0 Å². The van der Waals surface area contributed by atoms with Crippen LogP contribution in [0.5, 0.6) is 0 Å². The molecule has 1 amide bonds. The van der Waals surface area contributed by atoms with Gasteiger partial charge in [0.25, 0.3) is 0 Å². The van der Waals surface area contributed by atoms with Gasteiger partial charge in [0.15, 0.2) is 6.23 Å². The molecule has 3 aromatic rings. The lowest BCUT2D eigenvalue weighted by molar-refractivity contribution is 0.100. The number of rotatable bonds is 3. The summed E-state index contributed by atoms with van der Waals surface area (Å²) < 4.78 is 1.92. The first-order chi connectivity index (χ1) is 12.1. The van der Waals surface area contributed by atoms with Crippen LogP contribution in [0.15, 0.2) is 65.8 Å². The Labute approximate surface area is 144 Å². The summed E-state index contributed by atoms with van der Waals surface area (Å²) in [4.78, 5) is 15.3. The molecule has 1 aliphatic heterocycles. The van der Waals surface area contributed by atoms with Crippen LogP contribution in [0.2, 0.25) is 0 Å². The molecule has 0 aliphatic carbocycles. The van der Waals surface area contributed by atoms with Crippen LogP contribution in [0.4, 0.5) is 5.69 Å². The zero-order chi connectivity index (χ0) is 17.4. The molecule has 0 bridgehead atoms. The van der Waals surface area contributed by atoms with Crippen molar-refractivity contribution < 1.29 is 9.90 Å². The number of anilines is 1. The minimum Gasteiger partial charge on any atom is -0.367 e. The van der Waals surface area contributed by atoms with Gasteiger partial charge in [-0.05, 0) is 29.8 Å². The van der Waals surface area contributed by atoms with Crippen molar-refractivity contribution in [2.24, 2.45) is 10.7 Å². The van der Waals surface area contributed by atoms with E-state index in [0.29, 0.717) is 11.3 Å². The highest BCUT2D eigenvalue weighted by molar-refractivity contribution is 5.95. The minimum absolute atomic E-state index is 0.453. The van der Waals surface area contributed by atoms with Gasteiger partial charge >= 0.3 is 0 Å². The van der Waals surface area contributed by atoms with Crippen LogP contribution in [0.1, 0.15) is 22.3 Å². The Bertz CT molecular complexity index is 959. The standard InChI is InChI=1S/C19H16N4O2/c20-18(24)13-8-6-12(7-9-13)15-10-23(14-4-2-1-3-5-14)17-16(15)21-11-22-19(17)25/h1-11,19,25H,(H2,20,24)(H,21,22). The smallest absolute Gasteiger partial charge is 0.248 e. The van der Waals surface area contributed by atoms with E-state index in [2.05, 4.69) is 10.3 Å². The van der Waals surface area contributed by atoms with Crippen molar-refractivity contribution in [3.8, 4) is 16.8 Å². The summed E-state index contributed by atoms with van der Waals surface area (Å²) in [6.45, 7) is 0. The second-order valence-electron chi connectivity index (χ2n) is 5.75. The summed E-state index contributed by atoms with van der Waals surface area (Å²) in [7, 11) is 0. The molecule has 4 N–H and O–H groups in total. The van der Waals surface area contributed by atoms with Crippen LogP contribution in [-0.4, -0.2) is 21.9 Å². The van der Waals surface area contributed by atoms with Gasteiger partial charge in [-0.3, -0.25) is 4.79 Å². The zero-order valence-corrected chi connectivity index (χ0v) is 13.3. The first-order valence-electron chi connectivity index (χ1n) is 7.82. The van der Waals surface area contributed by atoms with Crippen LogP contribution in [0.3, 0.4) is 0 Å². The van der Waals surface area contributed by atoms with Gasteiger partial charge in [0.2, 0.25) is 5.91 Å². The molecule has 1 unspecified atom stereocenters. The highest BCUT2D eigenvalue weighted by Gasteiger charge is 2.25. The lowest BCUT2D eigenvalue weighted by atomic mass is 10.0. The fraction of sp³-hybridized carbons (Fsp3) is 0.0526. The van der Waals surface area contributed by atoms with Gasteiger partial charge in [0, 0.05) is 23.0 Å². The lowest BCUT2D eigenvalue weighted by Gasteiger charge is -2.17. The molecule has 4 rings (SSSR count). The van der Waals surface area contributed by atoms with E-state index in [0.717, 1.165) is 22.5 Å². The van der Waals surface area contributed by atoms with E-state index in [1.165, 1.54) is 6.34 Å². The summed E-state index contributed by atoms with van der Waals surface area (Å²) in [5, 5.41) is 13.5. The Morgan fingerprint density at radius 2 is 1.84 bits per heavy atom. The number of carbonyl (C=O) groups is 1. The maximum atomic E-state index is 11.3. The van der Waals surface area contributed by atoms with Crippen LogP contribution < -0.4 is 11.1 Å². The average Bonchev–Trinajstić information content (AvgIpc) is 3.03. The van der Waals surface area contributed by atoms with Gasteiger partial charge in [-0.15, -0.1) is 0 Å². The van der Waals surface area contributed by atoms with Crippen molar-refractivity contribution in [2.45, 2.75) is 6.23 Å². The van der Waals surface area contributed by atoms with Gasteiger partial charge in [-0.25, -0.2) is 4.99 Å². The number of aliphatic hydroxyl groups excluding tert-OH is 1. The van der Waals surface area contributed by atoms with Gasteiger partial charge in [-0.2, -0.15) is 0 Å². The quantitative estimate of drug-likeness (QED) is 0.688. The topological polar surface area (TPSA) is 92.6 Å². The highest BCUT2D eigenvalue weighted by Crippen LogP contribution is 2.39. The summed E-state index contributed by atoms with van der Waals surface area (Å²) in [6, 6.07) is 16.8. The molecule has 2 aromatic carbocycles. The zero-order valence-electron chi connectivity index (χ0n) is 13.3. The number of aromatic nitrogens is 1. The molecule has 1 aromatic heterocycles. The lowest BCUT2D eigenvalue weighted by Crippen LogP contribution is -2.13. The first kappa shape index (κ1) is 15.2. The van der Waals surface area contributed by atoms with E-state index in [-0.39, 0.29) is 0 Å². The largest absolute Gasteiger partial charge is 0.367 e. The van der Waals surface area contributed by atoms with Crippen molar-refractivity contribution in [3.05, 3.63) is 72.1 Å². The van der Waals surface area contributed by atoms with Crippen molar-refractivity contribution in [2.75, 3.05) is 5.32 Å². The maximum Gasteiger partial charge on any atom is 0.248 e. The number of primary amides is 1. The van der Waals surface area contributed by atoms with Crippen molar-refractivity contribution >= 4 is 17.9 Å². The minimum atomic E-state index is -0.949. The third kappa shape index (κ3) is 2.58. The average molecular weight is 332 g/mol. The fourth-order valence-corrected chi connectivity index (χ4v) is 3.00. The molecule has 0 radical (unpaired) electrons. The number of hydrogen-bond donors (Lipinski definition) is 3. The predicted molar refractivity (Wildman–Crippen MR) is 96.8 cm³/mol. The summed E-state index contributed by atoms with van der Waals surface area (Å²) >= 11 is 0. The number of nitrogens with two attached hydrogens (primary N) is 1. The molecule has 6 nitrogen and oxygen atoms in total. The normalized spacial score (nSPS) is 15.5. The van der Waals surface area contributed by atoms with Gasteiger partial charge in [0.1, 0.15) is 0 Å². The van der Waals surface area contributed by atoms with Gasteiger partial charge in [-0.1, -0.05) is 30.3 Å². The van der Waals surface area contributed by atoms with E-state index in [1.54, 1.807) is 12.1 Å². The van der Waals surface area contributed by atoms with Gasteiger partial charge in [0.05, 0.1) is 17.7 Å². The maximum absolute atomic E-state index is 11.3. The Hall–Kier alpha value is -3.38. The highest BCUT2D eigenvalue weighted by atomic mass is 16.3. The SMILES string of the molecule is NC(=O)c1ccc(-c2cn(-c3ccccc3)c3c2NC=NC3O)cc1. The molecule has 0 saturated heterocycles. The van der Waals surface area contributed by atoms with E-state index in [4.69, 9.17) is 5.73 Å². The third-order valence-electron chi connectivity index (χ3n) is 4.23. The van der Waals surface area contributed by atoms with Crippen LogP contribution in [0, 0.1) is 0 Å². The number of para-hydroxylation sites is 1.